The SMILES string of the molecule is COC(=O)c1cccc(C2C(C)C2B2OC(C)(C)C(C)(C)O2)c1. The van der Waals surface area contributed by atoms with E-state index in [1.807, 2.05) is 12.1 Å². The van der Waals surface area contributed by atoms with Crippen LogP contribution in [0.2, 0.25) is 5.82 Å². The molecule has 3 atom stereocenters. The third-order valence-electron chi connectivity index (χ3n) is 5.73. The van der Waals surface area contributed by atoms with Crippen LogP contribution in [0, 0.1) is 5.92 Å². The van der Waals surface area contributed by atoms with Crippen molar-refractivity contribution in [1.82, 2.24) is 0 Å². The van der Waals surface area contributed by atoms with Crippen LogP contribution in [0.25, 0.3) is 0 Å². The van der Waals surface area contributed by atoms with Crippen molar-refractivity contribution in [3.8, 4) is 0 Å². The van der Waals surface area contributed by atoms with Crippen molar-refractivity contribution in [2.75, 3.05) is 7.11 Å². The maximum Gasteiger partial charge on any atom is 0.462 e. The van der Waals surface area contributed by atoms with Crippen LogP contribution in [-0.4, -0.2) is 31.4 Å². The standard InChI is InChI=1S/C18H25BO4/c1-11-14(12-8-7-9-13(10-12)16(20)21-6)15(11)19-22-17(2,3)18(4,5)23-19/h7-11,14-15H,1-6H3. The van der Waals surface area contributed by atoms with Crippen LogP contribution < -0.4 is 0 Å². The van der Waals surface area contributed by atoms with Crippen LogP contribution in [0.3, 0.4) is 0 Å². The van der Waals surface area contributed by atoms with Gasteiger partial charge in [0.2, 0.25) is 0 Å². The molecule has 0 amide bonds. The van der Waals surface area contributed by atoms with Crippen LogP contribution in [0.15, 0.2) is 24.3 Å². The minimum Gasteiger partial charge on any atom is -0.465 e. The second kappa shape index (κ2) is 5.35. The van der Waals surface area contributed by atoms with Crippen molar-refractivity contribution in [3.05, 3.63) is 35.4 Å². The predicted molar refractivity (Wildman–Crippen MR) is 89.5 cm³/mol. The zero-order valence-corrected chi connectivity index (χ0v) is 14.8. The summed E-state index contributed by atoms with van der Waals surface area (Å²) < 4.78 is 17.2. The van der Waals surface area contributed by atoms with Crippen molar-refractivity contribution in [1.29, 1.82) is 0 Å². The Morgan fingerprint density at radius 3 is 2.35 bits per heavy atom. The minimum atomic E-state index is -0.307. The topological polar surface area (TPSA) is 44.8 Å². The van der Waals surface area contributed by atoms with Gasteiger partial charge in [-0.3, -0.25) is 0 Å². The third kappa shape index (κ3) is 2.70. The highest BCUT2D eigenvalue weighted by Gasteiger charge is 2.63. The number of rotatable bonds is 3. The maximum absolute atomic E-state index is 11.7. The summed E-state index contributed by atoms with van der Waals surface area (Å²) in [5.41, 5.74) is 1.13. The third-order valence-corrected chi connectivity index (χ3v) is 5.73. The fourth-order valence-corrected chi connectivity index (χ4v) is 3.47. The Morgan fingerprint density at radius 2 is 1.78 bits per heavy atom. The molecule has 3 unspecified atom stereocenters. The molecule has 2 fully saturated rings. The van der Waals surface area contributed by atoms with E-state index in [1.165, 1.54) is 7.11 Å². The Hall–Kier alpha value is -1.33. The molecule has 1 aromatic rings. The summed E-state index contributed by atoms with van der Waals surface area (Å²) in [5, 5.41) is 0. The number of carbonyl (C=O) groups is 1. The van der Waals surface area contributed by atoms with Gasteiger partial charge in [-0.2, -0.15) is 0 Å². The van der Waals surface area contributed by atoms with Crippen LogP contribution >= 0.6 is 0 Å². The summed E-state index contributed by atoms with van der Waals surface area (Å²) in [7, 11) is 1.21. The summed E-state index contributed by atoms with van der Waals surface area (Å²) in [6.45, 7) is 10.5. The largest absolute Gasteiger partial charge is 0.465 e. The Bertz CT molecular complexity index is 609. The van der Waals surface area contributed by atoms with E-state index in [0.29, 0.717) is 23.2 Å². The highest BCUT2D eigenvalue weighted by molar-refractivity contribution is 6.49. The Morgan fingerprint density at radius 1 is 1.17 bits per heavy atom. The number of methoxy groups -OCH3 is 1. The molecule has 3 rings (SSSR count). The molecule has 0 radical (unpaired) electrons. The first-order valence-electron chi connectivity index (χ1n) is 8.22. The average molecular weight is 316 g/mol. The molecule has 1 aliphatic carbocycles. The molecule has 124 valence electrons. The molecule has 0 aromatic heterocycles. The zero-order chi connectivity index (χ0) is 17.0. The van der Waals surface area contributed by atoms with Crippen LogP contribution in [0.4, 0.5) is 0 Å². The number of hydrogen-bond donors (Lipinski definition) is 0. The molecule has 4 nitrogen and oxygen atoms in total. The van der Waals surface area contributed by atoms with Gasteiger partial charge in [-0.15, -0.1) is 0 Å². The molecule has 1 saturated heterocycles. The van der Waals surface area contributed by atoms with E-state index in [9.17, 15) is 4.79 Å². The highest BCUT2D eigenvalue weighted by Crippen LogP contribution is 2.63. The van der Waals surface area contributed by atoms with E-state index < -0.39 is 0 Å². The summed E-state index contributed by atoms with van der Waals surface area (Å²) >= 11 is 0. The fourth-order valence-electron chi connectivity index (χ4n) is 3.47. The lowest BCUT2D eigenvalue weighted by Crippen LogP contribution is -2.41. The molecule has 2 aliphatic rings. The van der Waals surface area contributed by atoms with E-state index >= 15 is 0 Å². The monoisotopic (exact) mass is 316 g/mol. The molecule has 0 N–H and O–H groups in total. The summed E-state index contributed by atoms with van der Waals surface area (Å²) in [5.74, 6) is 0.850. The maximum atomic E-state index is 11.7. The van der Waals surface area contributed by atoms with Gasteiger partial charge in [0.15, 0.2) is 0 Å². The van der Waals surface area contributed by atoms with E-state index in [4.69, 9.17) is 14.0 Å². The van der Waals surface area contributed by atoms with Crippen molar-refractivity contribution in [2.45, 2.75) is 57.6 Å². The fraction of sp³-hybridized carbons (Fsp3) is 0.611. The van der Waals surface area contributed by atoms with Crippen molar-refractivity contribution in [2.24, 2.45) is 5.92 Å². The summed E-state index contributed by atoms with van der Waals surface area (Å²) in [6.07, 6.45) is 0. The van der Waals surface area contributed by atoms with Gasteiger partial charge in [-0.1, -0.05) is 19.1 Å². The lowest BCUT2D eigenvalue weighted by molar-refractivity contribution is 0.00578. The minimum absolute atomic E-state index is 0.193. The van der Waals surface area contributed by atoms with Crippen LogP contribution in [0.5, 0.6) is 0 Å². The van der Waals surface area contributed by atoms with Crippen LogP contribution in [-0.2, 0) is 14.0 Å². The first kappa shape index (κ1) is 16.5. The molecule has 23 heavy (non-hydrogen) atoms. The van der Waals surface area contributed by atoms with Crippen LogP contribution in [0.1, 0.15) is 56.5 Å². The molecule has 1 aliphatic heterocycles. The summed E-state index contributed by atoms with van der Waals surface area (Å²) in [4.78, 5) is 11.7. The lowest BCUT2D eigenvalue weighted by Gasteiger charge is -2.32. The van der Waals surface area contributed by atoms with Gasteiger partial charge in [0, 0.05) is 5.82 Å². The van der Waals surface area contributed by atoms with Gasteiger partial charge < -0.3 is 14.0 Å². The Labute approximate surface area is 138 Å². The molecule has 1 aromatic carbocycles. The zero-order valence-electron chi connectivity index (χ0n) is 14.8. The summed E-state index contributed by atoms with van der Waals surface area (Å²) in [6, 6.07) is 7.69. The van der Waals surface area contributed by atoms with Gasteiger partial charge in [0.25, 0.3) is 0 Å². The highest BCUT2D eigenvalue weighted by atomic mass is 16.7. The molecule has 1 heterocycles. The predicted octanol–water partition coefficient (Wildman–Crippen LogP) is 3.67. The van der Waals surface area contributed by atoms with Gasteiger partial charge in [-0.25, -0.2) is 4.79 Å². The smallest absolute Gasteiger partial charge is 0.462 e. The van der Waals surface area contributed by atoms with E-state index in [-0.39, 0.29) is 24.3 Å². The normalized spacial score (nSPS) is 31.0. The molecule has 0 bridgehead atoms. The van der Waals surface area contributed by atoms with Crippen molar-refractivity contribution >= 4 is 13.1 Å². The van der Waals surface area contributed by atoms with Gasteiger partial charge in [-0.05, 0) is 57.2 Å². The number of benzene rings is 1. The quantitative estimate of drug-likeness (QED) is 0.630. The van der Waals surface area contributed by atoms with Crippen molar-refractivity contribution in [3.63, 3.8) is 0 Å². The van der Waals surface area contributed by atoms with E-state index in [0.717, 1.165) is 5.56 Å². The van der Waals surface area contributed by atoms with Gasteiger partial charge >= 0.3 is 13.1 Å². The average Bonchev–Trinajstić information content (AvgIpc) is 3.10. The van der Waals surface area contributed by atoms with Crippen molar-refractivity contribution < 1.29 is 18.8 Å². The Balaban J connectivity index is 1.78. The second-order valence-electron chi connectivity index (χ2n) is 7.70. The first-order valence-corrected chi connectivity index (χ1v) is 8.22. The number of ether oxygens (including phenoxy) is 1. The van der Waals surface area contributed by atoms with E-state index in [2.05, 4.69) is 40.7 Å². The molecule has 5 heteroatoms. The molecular weight excluding hydrogens is 291 g/mol. The lowest BCUT2D eigenvalue weighted by atomic mass is 9.79. The number of esters is 1. The van der Waals surface area contributed by atoms with E-state index in [1.54, 1.807) is 6.07 Å². The molecule has 0 spiro atoms. The Kier molecular flexibility index (Phi) is 3.85. The molecule has 1 saturated carbocycles. The molecular formula is C18H25BO4. The number of hydrogen-bond acceptors (Lipinski definition) is 4. The number of carbonyl (C=O) groups excluding carboxylic acids is 1. The van der Waals surface area contributed by atoms with Gasteiger partial charge in [0.05, 0.1) is 23.9 Å². The second-order valence-corrected chi connectivity index (χ2v) is 7.70. The van der Waals surface area contributed by atoms with Gasteiger partial charge in [0.1, 0.15) is 0 Å². The first-order chi connectivity index (χ1) is 10.7.